The zero-order valence-electron chi connectivity index (χ0n) is 8.26. The third-order valence-corrected chi connectivity index (χ3v) is 2.38. The zero-order chi connectivity index (χ0) is 10.7. The van der Waals surface area contributed by atoms with Gasteiger partial charge in [-0.3, -0.25) is 5.41 Å². The molecule has 1 aromatic rings. The summed E-state index contributed by atoms with van der Waals surface area (Å²) in [6, 6.07) is 5.97. The van der Waals surface area contributed by atoms with Crippen molar-refractivity contribution in [3.05, 3.63) is 28.2 Å². The molecule has 0 atom stereocenters. The summed E-state index contributed by atoms with van der Waals surface area (Å²) in [7, 11) is 0. The van der Waals surface area contributed by atoms with Crippen LogP contribution < -0.4 is 11.1 Å². The standard InChI is InChI=1S/C10H14BrN3/c1-6(2)14-9-4-3-7(10(12)13)5-8(9)11/h3-6,14H,1-2H3,(H3,12,13). The number of anilines is 1. The molecule has 0 radical (unpaired) electrons. The Hall–Kier alpha value is -1.03. The summed E-state index contributed by atoms with van der Waals surface area (Å²) in [5, 5.41) is 10.6. The van der Waals surface area contributed by atoms with Crippen molar-refractivity contribution in [2.75, 3.05) is 5.32 Å². The third kappa shape index (κ3) is 2.73. The van der Waals surface area contributed by atoms with Crippen molar-refractivity contribution in [2.24, 2.45) is 5.73 Å². The van der Waals surface area contributed by atoms with Gasteiger partial charge in [0.15, 0.2) is 0 Å². The summed E-state index contributed by atoms with van der Waals surface area (Å²) in [5.41, 5.74) is 7.12. The number of hydrogen-bond donors (Lipinski definition) is 3. The Bertz CT molecular complexity index is 347. The van der Waals surface area contributed by atoms with E-state index in [0.29, 0.717) is 6.04 Å². The molecule has 0 aliphatic heterocycles. The van der Waals surface area contributed by atoms with Crippen LogP contribution in [0.25, 0.3) is 0 Å². The quantitative estimate of drug-likeness (QED) is 0.575. The molecule has 3 nitrogen and oxygen atoms in total. The Kier molecular flexibility index (Phi) is 3.52. The summed E-state index contributed by atoms with van der Waals surface area (Å²) in [6.07, 6.45) is 0. The van der Waals surface area contributed by atoms with E-state index >= 15 is 0 Å². The van der Waals surface area contributed by atoms with Crippen LogP contribution in [0.3, 0.4) is 0 Å². The monoisotopic (exact) mass is 255 g/mol. The lowest BCUT2D eigenvalue weighted by Gasteiger charge is -2.12. The molecule has 0 aliphatic rings. The molecular formula is C10H14BrN3. The molecule has 0 unspecified atom stereocenters. The molecule has 0 bridgehead atoms. The smallest absolute Gasteiger partial charge is 0.122 e. The van der Waals surface area contributed by atoms with E-state index in [-0.39, 0.29) is 5.84 Å². The van der Waals surface area contributed by atoms with Gasteiger partial charge in [-0.05, 0) is 48.0 Å². The Morgan fingerprint density at radius 3 is 2.57 bits per heavy atom. The molecule has 0 amide bonds. The maximum atomic E-state index is 7.28. The first kappa shape index (κ1) is 11.0. The molecule has 0 saturated heterocycles. The second-order valence-corrected chi connectivity index (χ2v) is 4.26. The Morgan fingerprint density at radius 1 is 1.50 bits per heavy atom. The van der Waals surface area contributed by atoms with Gasteiger partial charge in [-0.15, -0.1) is 0 Å². The van der Waals surface area contributed by atoms with E-state index < -0.39 is 0 Å². The van der Waals surface area contributed by atoms with E-state index in [1.54, 1.807) is 0 Å². The van der Waals surface area contributed by atoms with Gasteiger partial charge in [0.25, 0.3) is 0 Å². The highest BCUT2D eigenvalue weighted by Gasteiger charge is 2.03. The summed E-state index contributed by atoms with van der Waals surface area (Å²) in [4.78, 5) is 0. The van der Waals surface area contributed by atoms with Gasteiger partial charge >= 0.3 is 0 Å². The normalized spacial score (nSPS) is 10.3. The van der Waals surface area contributed by atoms with E-state index in [9.17, 15) is 0 Å². The molecule has 0 fully saturated rings. The summed E-state index contributed by atoms with van der Waals surface area (Å²) < 4.78 is 0.930. The molecule has 1 rings (SSSR count). The lowest BCUT2D eigenvalue weighted by atomic mass is 10.2. The topological polar surface area (TPSA) is 61.9 Å². The largest absolute Gasteiger partial charge is 0.384 e. The SMILES string of the molecule is CC(C)Nc1ccc(C(=N)N)cc1Br. The van der Waals surface area contributed by atoms with Crippen molar-refractivity contribution in [1.29, 1.82) is 5.41 Å². The summed E-state index contributed by atoms with van der Waals surface area (Å²) in [5.74, 6) is 0.0850. The van der Waals surface area contributed by atoms with Crippen LogP contribution in [0.4, 0.5) is 5.69 Å². The van der Waals surface area contributed by atoms with Crippen molar-refractivity contribution in [3.8, 4) is 0 Å². The van der Waals surface area contributed by atoms with Crippen molar-refractivity contribution in [2.45, 2.75) is 19.9 Å². The lowest BCUT2D eigenvalue weighted by Crippen LogP contribution is -2.13. The van der Waals surface area contributed by atoms with Crippen molar-refractivity contribution >= 4 is 27.5 Å². The second kappa shape index (κ2) is 4.46. The van der Waals surface area contributed by atoms with Crippen LogP contribution in [-0.4, -0.2) is 11.9 Å². The first-order valence-electron chi connectivity index (χ1n) is 4.41. The average molecular weight is 256 g/mol. The lowest BCUT2D eigenvalue weighted by molar-refractivity contribution is 0.898. The number of nitrogens with one attached hydrogen (secondary N) is 2. The highest BCUT2D eigenvalue weighted by Crippen LogP contribution is 2.24. The van der Waals surface area contributed by atoms with Gasteiger partial charge in [-0.2, -0.15) is 0 Å². The van der Waals surface area contributed by atoms with Gasteiger partial charge < -0.3 is 11.1 Å². The molecule has 0 spiro atoms. The van der Waals surface area contributed by atoms with Crippen LogP contribution in [-0.2, 0) is 0 Å². The second-order valence-electron chi connectivity index (χ2n) is 3.41. The van der Waals surface area contributed by atoms with Crippen LogP contribution in [0.15, 0.2) is 22.7 Å². The van der Waals surface area contributed by atoms with Crippen LogP contribution >= 0.6 is 15.9 Å². The van der Waals surface area contributed by atoms with Gasteiger partial charge in [0.1, 0.15) is 5.84 Å². The summed E-state index contributed by atoms with van der Waals surface area (Å²) in [6.45, 7) is 4.15. The van der Waals surface area contributed by atoms with Crippen LogP contribution in [0, 0.1) is 5.41 Å². The van der Waals surface area contributed by atoms with Gasteiger partial charge in [0, 0.05) is 21.8 Å². The van der Waals surface area contributed by atoms with Gasteiger partial charge in [0.2, 0.25) is 0 Å². The number of hydrogen-bond acceptors (Lipinski definition) is 2. The minimum absolute atomic E-state index is 0.0850. The molecule has 1 aromatic carbocycles. The molecule has 0 saturated carbocycles. The van der Waals surface area contributed by atoms with Gasteiger partial charge in [0.05, 0.1) is 0 Å². The van der Waals surface area contributed by atoms with Gasteiger partial charge in [-0.25, -0.2) is 0 Å². The van der Waals surface area contributed by atoms with Crippen molar-refractivity contribution in [1.82, 2.24) is 0 Å². The molecule has 4 N–H and O–H groups in total. The number of nitrogens with two attached hydrogens (primary N) is 1. The maximum absolute atomic E-state index is 7.28. The van der Waals surface area contributed by atoms with E-state index in [1.165, 1.54) is 0 Å². The van der Waals surface area contributed by atoms with Gasteiger partial charge in [-0.1, -0.05) is 0 Å². The summed E-state index contributed by atoms with van der Waals surface area (Å²) >= 11 is 3.43. The van der Waals surface area contributed by atoms with E-state index in [2.05, 4.69) is 35.1 Å². The maximum Gasteiger partial charge on any atom is 0.122 e. The molecule has 76 valence electrons. The number of nitrogen functional groups attached to an aromatic ring is 1. The predicted octanol–water partition coefficient (Wildman–Crippen LogP) is 2.55. The predicted molar refractivity (Wildman–Crippen MR) is 63.9 cm³/mol. The van der Waals surface area contributed by atoms with Crippen molar-refractivity contribution in [3.63, 3.8) is 0 Å². The van der Waals surface area contributed by atoms with Crippen LogP contribution in [0.2, 0.25) is 0 Å². The Labute approximate surface area is 92.3 Å². The molecule has 0 heterocycles. The molecular weight excluding hydrogens is 242 g/mol. The Morgan fingerprint density at radius 2 is 2.14 bits per heavy atom. The minimum atomic E-state index is 0.0850. The highest BCUT2D eigenvalue weighted by atomic mass is 79.9. The van der Waals surface area contributed by atoms with E-state index in [1.807, 2.05) is 18.2 Å². The first-order valence-corrected chi connectivity index (χ1v) is 5.20. The number of amidine groups is 1. The molecule has 0 aliphatic carbocycles. The van der Waals surface area contributed by atoms with Crippen molar-refractivity contribution < 1.29 is 0 Å². The Balaban J connectivity index is 2.95. The molecule has 14 heavy (non-hydrogen) atoms. The number of halogens is 1. The van der Waals surface area contributed by atoms with Crippen LogP contribution in [0.5, 0.6) is 0 Å². The zero-order valence-corrected chi connectivity index (χ0v) is 9.85. The fraction of sp³-hybridized carbons (Fsp3) is 0.300. The first-order chi connectivity index (χ1) is 6.50. The fourth-order valence-electron chi connectivity index (χ4n) is 1.11. The molecule has 4 heteroatoms. The highest BCUT2D eigenvalue weighted by molar-refractivity contribution is 9.10. The number of rotatable bonds is 3. The van der Waals surface area contributed by atoms with E-state index in [0.717, 1.165) is 15.7 Å². The minimum Gasteiger partial charge on any atom is -0.384 e. The molecule has 0 aromatic heterocycles. The number of benzene rings is 1. The van der Waals surface area contributed by atoms with Crippen LogP contribution in [0.1, 0.15) is 19.4 Å². The van der Waals surface area contributed by atoms with E-state index in [4.69, 9.17) is 11.1 Å². The fourth-order valence-corrected chi connectivity index (χ4v) is 1.60. The third-order valence-electron chi connectivity index (χ3n) is 1.72. The average Bonchev–Trinajstić information content (AvgIpc) is 2.07.